The molecule has 92 valence electrons. The van der Waals surface area contributed by atoms with Gasteiger partial charge in [-0.3, -0.25) is 4.79 Å². The number of aliphatic hydroxyl groups excluding tert-OH is 1. The summed E-state index contributed by atoms with van der Waals surface area (Å²) < 4.78 is 33.7. The fourth-order valence-corrected chi connectivity index (χ4v) is 2.18. The molecule has 1 unspecified atom stereocenters. The molecule has 0 bridgehead atoms. The summed E-state index contributed by atoms with van der Waals surface area (Å²) in [6, 6.07) is -1.53. The quantitative estimate of drug-likeness (QED) is 0.581. The summed E-state index contributed by atoms with van der Waals surface area (Å²) in [5.41, 5.74) is 0. The third-order valence-electron chi connectivity index (χ3n) is 2.36. The minimum absolute atomic E-state index is 0.546. The zero-order valence-corrected chi connectivity index (χ0v) is 8.85. The van der Waals surface area contributed by atoms with Gasteiger partial charge in [-0.25, -0.2) is 4.79 Å². The topological polar surface area (TPSA) is 112 Å². The van der Waals surface area contributed by atoms with Crippen LogP contribution in [0, 0.1) is 0 Å². The molecule has 1 heterocycles. The Morgan fingerprint density at radius 1 is 1.62 bits per heavy atom. The molecule has 1 rings (SSSR count). The van der Waals surface area contributed by atoms with E-state index in [1.807, 2.05) is 0 Å². The molecule has 0 aromatic heterocycles. The highest BCUT2D eigenvalue weighted by molar-refractivity contribution is 7.87. The lowest BCUT2D eigenvalue weighted by molar-refractivity contribution is -0.149. The number of likely N-dealkylation sites (tertiary alicyclic amines) is 1. The smallest absolute Gasteiger partial charge is 0.328 e. The molecule has 0 aliphatic carbocycles. The van der Waals surface area contributed by atoms with Crippen LogP contribution in [0.1, 0.15) is 6.42 Å². The van der Waals surface area contributed by atoms with Crippen molar-refractivity contribution < 1.29 is 32.1 Å². The number of nitrogens with zero attached hydrogens (tertiary/aromatic N) is 1. The van der Waals surface area contributed by atoms with Gasteiger partial charge in [-0.2, -0.15) is 8.42 Å². The lowest BCUT2D eigenvalue weighted by Gasteiger charge is -2.22. The molecule has 0 aromatic rings. The number of carbonyl (C=O) groups excluding carboxylic acids is 1. The van der Waals surface area contributed by atoms with Crippen molar-refractivity contribution >= 4 is 22.1 Å². The van der Waals surface area contributed by atoms with Crippen molar-refractivity contribution in [2.24, 2.45) is 0 Å². The van der Waals surface area contributed by atoms with Gasteiger partial charge < -0.3 is 15.1 Å². The van der Waals surface area contributed by atoms with Crippen molar-refractivity contribution in [1.29, 1.82) is 0 Å². The number of rotatable bonds is 4. The summed E-state index contributed by atoms with van der Waals surface area (Å²) in [5.74, 6) is -2.26. The molecule has 9 heteroatoms. The largest absolute Gasteiger partial charge is 0.480 e. The summed E-state index contributed by atoms with van der Waals surface area (Å²) in [7, 11) is -4.87. The Morgan fingerprint density at radius 2 is 2.19 bits per heavy atom. The average Bonchev–Trinajstić information content (AvgIpc) is 2.48. The minimum atomic E-state index is -4.87. The number of aliphatic hydroxyl groups is 1. The average molecular weight is 255 g/mol. The van der Waals surface area contributed by atoms with Crippen molar-refractivity contribution in [3.63, 3.8) is 0 Å². The van der Waals surface area contributed by atoms with Gasteiger partial charge in [0.15, 0.2) is 6.04 Å². The number of amides is 1. The number of carboxylic acid groups (broad SMARTS) is 1. The van der Waals surface area contributed by atoms with Crippen molar-refractivity contribution in [3.05, 3.63) is 0 Å². The molecule has 0 aromatic carbocycles. The predicted octanol–water partition coefficient (Wildman–Crippen LogP) is -1.67. The molecule has 1 aliphatic heterocycles. The van der Waals surface area contributed by atoms with Crippen molar-refractivity contribution in [2.75, 3.05) is 13.2 Å². The standard InChI is InChI=1S/C7H10FNO6S/c8-16(14,15)4-1-6(11)9(2-4)5(3-10)7(12)13/h4-5,10H,1-3H2,(H,12,13)/t4?,5-/m0/s1. The summed E-state index contributed by atoms with van der Waals surface area (Å²) in [4.78, 5) is 22.5. The number of carbonyl (C=O) groups is 2. The van der Waals surface area contributed by atoms with E-state index in [9.17, 15) is 21.9 Å². The maximum Gasteiger partial charge on any atom is 0.328 e. The highest BCUT2D eigenvalue weighted by Gasteiger charge is 2.43. The van der Waals surface area contributed by atoms with E-state index < -0.39 is 53.0 Å². The van der Waals surface area contributed by atoms with E-state index in [-0.39, 0.29) is 0 Å². The van der Waals surface area contributed by atoms with Crippen LogP contribution in [0.15, 0.2) is 0 Å². The molecule has 0 radical (unpaired) electrons. The summed E-state index contributed by atoms with van der Waals surface area (Å²) in [6.45, 7) is -1.39. The third-order valence-corrected chi connectivity index (χ3v) is 3.47. The normalized spacial score (nSPS) is 23.5. The Hall–Kier alpha value is -1.22. The van der Waals surface area contributed by atoms with Crippen molar-refractivity contribution in [2.45, 2.75) is 17.7 Å². The molecular weight excluding hydrogens is 245 g/mol. The van der Waals surface area contributed by atoms with Gasteiger partial charge in [0.2, 0.25) is 5.91 Å². The van der Waals surface area contributed by atoms with E-state index in [1.54, 1.807) is 0 Å². The second-order valence-electron chi connectivity index (χ2n) is 3.38. The maximum atomic E-state index is 12.6. The molecule has 0 saturated carbocycles. The van der Waals surface area contributed by atoms with E-state index in [2.05, 4.69) is 0 Å². The first-order valence-electron chi connectivity index (χ1n) is 4.34. The van der Waals surface area contributed by atoms with Gasteiger partial charge in [-0.05, 0) is 0 Å². The van der Waals surface area contributed by atoms with Crippen molar-refractivity contribution in [3.8, 4) is 0 Å². The van der Waals surface area contributed by atoms with Crippen LogP contribution in [-0.4, -0.2) is 59.9 Å². The highest BCUT2D eigenvalue weighted by Crippen LogP contribution is 2.21. The second kappa shape index (κ2) is 4.34. The fraction of sp³-hybridized carbons (Fsp3) is 0.714. The van der Waals surface area contributed by atoms with E-state index in [4.69, 9.17) is 10.2 Å². The van der Waals surface area contributed by atoms with Gasteiger partial charge >= 0.3 is 16.2 Å². The summed E-state index contributed by atoms with van der Waals surface area (Å²) in [5, 5.41) is 15.8. The second-order valence-corrected chi connectivity index (χ2v) is 5.00. The fourth-order valence-electron chi connectivity index (χ4n) is 1.50. The third kappa shape index (κ3) is 2.47. The van der Waals surface area contributed by atoms with E-state index in [0.29, 0.717) is 4.90 Å². The monoisotopic (exact) mass is 255 g/mol. The van der Waals surface area contributed by atoms with Crippen LogP contribution in [0.5, 0.6) is 0 Å². The Balaban J connectivity index is 2.86. The number of halogens is 1. The zero-order chi connectivity index (χ0) is 12.5. The van der Waals surface area contributed by atoms with Gasteiger partial charge in [-0.15, -0.1) is 3.89 Å². The first kappa shape index (κ1) is 12.8. The molecule has 1 fully saturated rings. The van der Waals surface area contributed by atoms with Gasteiger partial charge in [0.1, 0.15) is 5.25 Å². The molecule has 0 spiro atoms. The van der Waals surface area contributed by atoms with Crippen LogP contribution < -0.4 is 0 Å². The van der Waals surface area contributed by atoms with Crippen molar-refractivity contribution in [1.82, 2.24) is 4.90 Å². The molecular formula is C7H10FNO6S. The predicted molar refractivity (Wildman–Crippen MR) is 48.7 cm³/mol. The number of aliphatic carboxylic acids is 1. The lowest BCUT2D eigenvalue weighted by Crippen LogP contribution is -2.45. The van der Waals surface area contributed by atoms with Crippen LogP contribution >= 0.6 is 0 Å². The SMILES string of the molecule is O=C(O)[C@H](CO)N1CC(S(=O)(=O)F)CC1=O. The maximum absolute atomic E-state index is 12.6. The molecule has 1 aliphatic rings. The first-order chi connectivity index (χ1) is 7.27. The number of hydrogen-bond donors (Lipinski definition) is 2. The van der Waals surface area contributed by atoms with Gasteiger partial charge in [0, 0.05) is 13.0 Å². The minimum Gasteiger partial charge on any atom is -0.480 e. The zero-order valence-electron chi connectivity index (χ0n) is 8.04. The Morgan fingerprint density at radius 3 is 2.50 bits per heavy atom. The lowest BCUT2D eigenvalue weighted by atomic mass is 10.3. The summed E-state index contributed by atoms with van der Waals surface area (Å²) >= 11 is 0. The Kier molecular flexibility index (Phi) is 3.48. The van der Waals surface area contributed by atoms with Gasteiger partial charge in [-0.1, -0.05) is 0 Å². The Labute approximate surface area is 90.7 Å². The highest BCUT2D eigenvalue weighted by atomic mass is 32.3. The Bertz CT molecular complexity index is 407. The molecule has 1 saturated heterocycles. The van der Waals surface area contributed by atoms with E-state index in [1.165, 1.54) is 0 Å². The molecule has 2 N–H and O–H groups in total. The van der Waals surface area contributed by atoms with Crippen LogP contribution in [-0.2, 0) is 19.8 Å². The molecule has 7 nitrogen and oxygen atoms in total. The molecule has 2 atom stereocenters. The van der Waals surface area contributed by atoms with Gasteiger partial charge in [0.25, 0.3) is 0 Å². The van der Waals surface area contributed by atoms with Crippen LogP contribution in [0.25, 0.3) is 0 Å². The van der Waals surface area contributed by atoms with E-state index >= 15 is 0 Å². The number of carboxylic acids is 1. The van der Waals surface area contributed by atoms with E-state index in [0.717, 1.165) is 0 Å². The number of hydrogen-bond acceptors (Lipinski definition) is 5. The van der Waals surface area contributed by atoms with Crippen LogP contribution in [0.3, 0.4) is 0 Å². The molecule has 1 amide bonds. The van der Waals surface area contributed by atoms with Crippen LogP contribution in [0.2, 0.25) is 0 Å². The first-order valence-corrected chi connectivity index (χ1v) is 5.78. The van der Waals surface area contributed by atoms with Gasteiger partial charge in [0.05, 0.1) is 6.61 Å². The molecule has 16 heavy (non-hydrogen) atoms. The van der Waals surface area contributed by atoms with Crippen LogP contribution in [0.4, 0.5) is 3.89 Å². The summed E-state index contributed by atoms with van der Waals surface area (Å²) in [6.07, 6.45) is -0.595.